The van der Waals surface area contributed by atoms with Crippen LogP contribution >= 0.6 is 11.8 Å². The van der Waals surface area contributed by atoms with Crippen molar-refractivity contribution in [2.45, 2.75) is 25.0 Å². The highest BCUT2D eigenvalue weighted by atomic mass is 32.2. The predicted octanol–water partition coefficient (Wildman–Crippen LogP) is 1.15. The summed E-state index contributed by atoms with van der Waals surface area (Å²) in [6.07, 6.45) is 1.62. The Kier molecular flexibility index (Phi) is 4.25. The van der Waals surface area contributed by atoms with E-state index in [2.05, 4.69) is 0 Å². The molecule has 1 rings (SSSR count). The van der Waals surface area contributed by atoms with Crippen LogP contribution in [0.4, 0.5) is 0 Å². The van der Waals surface area contributed by atoms with Gasteiger partial charge in [-0.15, -0.1) is 11.8 Å². The zero-order valence-corrected chi connectivity index (χ0v) is 8.88. The first-order chi connectivity index (χ1) is 6.65. The van der Waals surface area contributed by atoms with E-state index in [-0.39, 0.29) is 22.9 Å². The lowest BCUT2D eigenvalue weighted by molar-refractivity contribution is -0.144. The third kappa shape index (κ3) is 2.90. The molecule has 1 fully saturated rings. The van der Waals surface area contributed by atoms with Gasteiger partial charge in [-0.3, -0.25) is 9.59 Å². The van der Waals surface area contributed by atoms with Crippen molar-refractivity contribution >= 4 is 23.7 Å². The van der Waals surface area contributed by atoms with Crippen molar-refractivity contribution in [3.05, 3.63) is 0 Å². The number of thioether (sulfide) groups is 1. The molecule has 1 N–H and O–H groups in total. The molecule has 1 aliphatic carbocycles. The lowest BCUT2D eigenvalue weighted by atomic mass is 9.85. The Balaban J connectivity index is 2.19. The van der Waals surface area contributed by atoms with Crippen LogP contribution in [0.5, 0.6) is 0 Å². The van der Waals surface area contributed by atoms with Crippen LogP contribution in [0.15, 0.2) is 0 Å². The van der Waals surface area contributed by atoms with Gasteiger partial charge in [0.1, 0.15) is 0 Å². The normalized spacial score (nSPS) is 25.2. The van der Waals surface area contributed by atoms with Crippen LogP contribution in [-0.2, 0) is 14.3 Å². The summed E-state index contributed by atoms with van der Waals surface area (Å²) in [4.78, 5) is 21.6. The lowest BCUT2D eigenvalue weighted by Gasteiger charge is -2.32. The van der Waals surface area contributed by atoms with Gasteiger partial charge < -0.3 is 9.84 Å². The van der Waals surface area contributed by atoms with E-state index in [0.717, 1.165) is 12.8 Å². The summed E-state index contributed by atoms with van der Waals surface area (Å²) in [5, 5.41) is 8.84. The maximum absolute atomic E-state index is 11.0. The monoisotopic (exact) mass is 218 g/mol. The van der Waals surface area contributed by atoms with E-state index in [9.17, 15) is 9.59 Å². The molecule has 0 radical (unpaired) electrons. The summed E-state index contributed by atoms with van der Waals surface area (Å²) >= 11 is 1.39. The van der Waals surface area contributed by atoms with Crippen molar-refractivity contribution in [3.63, 3.8) is 0 Å². The molecule has 2 atom stereocenters. The SMILES string of the molecule is CCOC(=O)CSC1CCC1C(=O)O. The number of aliphatic carboxylic acids is 1. The van der Waals surface area contributed by atoms with E-state index < -0.39 is 5.97 Å². The Morgan fingerprint density at radius 2 is 2.21 bits per heavy atom. The third-order valence-corrected chi connectivity index (χ3v) is 3.64. The van der Waals surface area contributed by atoms with Gasteiger partial charge >= 0.3 is 11.9 Å². The van der Waals surface area contributed by atoms with Crippen molar-refractivity contribution in [2.24, 2.45) is 5.92 Å². The number of hydrogen-bond acceptors (Lipinski definition) is 4. The zero-order valence-electron chi connectivity index (χ0n) is 8.06. The topological polar surface area (TPSA) is 63.6 Å². The van der Waals surface area contributed by atoms with E-state index in [1.807, 2.05) is 0 Å². The fourth-order valence-electron chi connectivity index (χ4n) is 1.33. The molecule has 80 valence electrons. The van der Waals surface area contributed by atoms with Crippen molar-refractivity contribution in [1.82, 2.24) is 0 Å². The zero-order chi connectivity index (χ0) is 10.6. The number of carbonyl (C=O) groups is 2. The molecule has 4 nitrogen and oxygen atoms in total. The molecule has 0 saturated heterocycles. The summed E-state index contributed by atoms with van der Waals surface area (Å²) < 4.78 is 4.75. The second kappa shape index (κ2) is 5.24. The van der Waals surface area contributed by atoms with Crippen LogP contribution < -0.4 is 0 Å². The Bertz CT molecular complexity index is 229. The van der Waals surface area contributed by atoms with Gasteiger partial charge in [0, 0.05) is 5.25 Å². The number of rotatable bonds is 5. The first-order valence-corrected chi connectivity index (χ1v) is 5.70. The fourth-order valence-corrected chi connectivity index (χ4v) is 2.55. The number of hydrogen-bond donors (Lipinski definition) is 1. The predicted molar refractivity (Wildman–Crippen MR) is 53.2 cm³/mol. The molecular weight excluding hydrogens is 204 g/mol. The maximum atomic E-state index is 11.0. The summed E-state index contributed by atoms with van der Waals surface area (Å²) in [5.41, 5.74) is 0. The largest absolute Gasteiger partial charge is 0.481 e. The highest BCUT2D eigenvalue weighted by molar-refractivity contribution is 8.00. The van der Waals surface area contributed by atoms with Crippen LogP contribution in [-0.4, -0.2) is 34.7 Å². The highest BCUT2D eigenvalue weighted by Crippen LogP contribution is 2.37. The minimum Gasteiger partial charge on any atom is -0.481 e. The van der Waals surface area contributed by atoms with Crippen molar-refractivity contribution < 1.29 is 19.4 Å². The molecule has 0 heterocycles. The first-order valence-electron chi connectivity index (χ1n) is 4.65. The summed E-state index contributed by atoms with van der Waals surface area (Å²) in [6, 6.07) is 0. The Labute approximate surface area is 87.0 Å². The molecule has 2 unspecified atom stereocenters. The molecule has 14 heavy (non-hydrogen) atoms. The van der Waals surface area contributed by atoms with Crippen LogP contribution in [0.3, 0.4) is 0 Å². The van der Waals surface area contributed by atoms with E-state index in [1.165, 1.54) is 11.8 Å². The molecule has 1 saturated carbocycles. The van der Waals surface area contributed by atoms with Gasteiger partial charge in [0.25, 0.3) is 0 Å². The first kappa shape index (κ1) is 11.4. The Morgan fingerprint density at radius 3 is 2.64 bits per heavy atom. The van der Waals surface area contributed by atoms with Gasteiger partial charge in [0.2, 0.25) is 0 Å². The standard InChI is InChI=1S/C9H14O4S/c1-2-13-8(10)5-14-7-4-3-6(7)9(11)12/h6-7H,2-5H2,1H3,(H,11,12). The Hall–Kier alpha value is -0.710. The van der Waals surface area contributed by atoms with E-state index in [4.69, 9.17) is 9.84 Å². The fraction of sp³-hybridized carbons (Fsp3) is 0.778. The number of carboxylic acids is 1. The molecule has 0 amide bonds. The molecule has 0 bridgehead atoms. The number of esters is 1. The van der Waals surface area contributed by atoms with Crippen LogP contribution in [0, 0.1) is 5.92 Å². The van der Waals surface area contributed by atoms with Crippen LogP contribution in [0.25, 0.3) is 0 Å². The smallest absolute Gasteiger partial charge is 0.315 e. The maximum Gasteiger partial charge on any atom is 0.315 e. The van der Waals surface area contributed by atoms with Crippen LogP contribution in [0.1, 0.15) is 19.8 Å². The van der Waals surface area contributed by atoms with Gasteiger partial charge in [-0.05, 0) is 19.8 Å². The quantitative estimate of drug-likeness (QED) is 0.701. The van der Waals surface area contributed by atoms with Crippen molar-refractivity contribution in [1.29, 1.82) is 0 Å². The molecule has 0 aromatic carbocycles. The minimum atomic E-state index is -0.752. The van der Waals surface area contributed by atoms with E-state index >= 15 is 0 Å². The lowest BCUT2D eigenvalue weighted by Crippen LogP contribution is -2.35. The van der Waals surface area contributed by atoms with Gasteiger partial charge in [-0.25, -0.2) is 0 Å². The second-order valence-corrected chi connectivity index (χ2v) is 4.40. The van der Waals surface area contributed by atoms with Gasteiger partial charge in [0.05, 0.1) is 18.3 Å². The van der Waals surface area contributed by atoms with Gasteiger partial charge in [0.15, 0.2) is 0 Å². The summed E-state index contributed by atoms with van der Waals surface area (Å²) in [6.45, 7) is 2.14. The molecule has 5 heteroatoms. The van der Waals surface area contributed by atoms with Crippen LogP contribution in [0.2, 0.25) is 0 Å². The number of ether oxygens (including phenoxy) is 1. The highest BCUT2D eigenvalue weighted by Gasteiger charge is 2.37. The molecular formula is C9H14O4S. The van der Waals surface area contributed by atoms with Gasteiger partial charge in [-0.2, -0.15) is 0 Å². The summed E-state index contributed by atoms with van der Waals surface area (Å²) in [5.74, 6) is -1.01. The summed E-state index contributed by atoms with van der Waals surface area (Å²) in [7, 11) is 0. The van der Waals surface area contributed by atoms with E-state index in [1.54, 1.807) is 6.92 Å². The second-order valence-electron chi connectivity index (χ2n) is 3.18. The molecule has 0 aliphatic heterocycles. The average molecular weight is 218 g/mol. The Morgan fingerprint density at radius 1 is 1.50 bits per heavy atom. The van der Waals surface area contributed by atoms with Crippen molar-refractivity contribution in [3.8, 4) is 0 Å². The van der Waals surface area contributed by atoms with Gasteiger partial charge in [-0.1, -0.05) is 0 Å². The number of carbonyl (C=O) groups excluding carboxylic acids is 1. The van der Waals surface area contributed by atoms with E-state index in [0.29, 0.717) is 6.61 Å². The molecule has 0 aromatic heterocycles. The van der Waals surface area contributed by atoms with Crippen molar-refractivity contribution in [2.75, 3.05) is 12.4 Å². The molecule has 1 aliphatic rings. The molecule has 0 spiro atoms. The molecule has 0 aromatic rings. The minimum absolute atomic E-state index is 0.0944. The average Bonchev–Trinajstić information content (AvgIpc) is 2.01. The number of carboxylic acid groups (broad SMARTS) is 1. The third-order valence-electron chi connectivity index (χ3n) is 2.25.